The fraction of sp³-hybridized carbons (Fsp3) is 1.00. The second-order valence-corrected chi connectivity index (χ2v) is 5.62. The zero-order valence-electron chi connectivity index (χ0n) is 9.76. The third kappa shape index (κ3) is 2.73. The predicted octanol–water partition coefficient (Wildman–Crippen LogP) is 3.06. The summed E-state index contributed by atoms with van der Waals surface area (Å²) in [6.07, 6.45) is 7.34. The van der Waals surface area contributed by atoms with E-state index in [4.69, 9.17) is 0 Å². The van der Waals surface area contributed by atoms with Gasteiger partial charge in [0.1, 0.15) is 0 Å². The standard InChI is InChI=1S/C13H25N/c1-10(12-3-4-12)9-11(2)13-5-7-14-8-6-13/h10-14H,3-9H2,1-2H3. The molecule has 1 heterocycles. The van der Waals surface area contributed by atoms with Gasteiger partial charge in [0.25, 0.3) is 0 Å². The molecule has 2 fully saturated rings. The van der Waals surface area contributed by atoms with Crippen molar-refractivity contribution in [2.45, 2.75) is 46.0 Å². The second-order valence-electron chi connectivity index (χ2n) is 5.62. The van der Waals surface area contributed by atoms with Gasteiger partial charge in [0, 0.05) is 0 Å². The Hall–Kier alpha value is -0.0400. The van der Waals surface area contributed by atoms with Gasteiger partial charge in [0.15, 0.2) is 0 Å². The molecule has 2 atom stereocenters. The van der Waals surface area contributed by atoms with Crippen LogP contribution < -0.4 is 5.32 Å². The first-order chi connectivity index (χ1) is 6.77. The lowest BCUT2D eigenvalue weighted by molar-refractivity contribution is 0.231. The summed E-state index contributed by atoms with van der Waals surface area (Å²) in [7, 11) is 0. The van der Waals surface area contributed by atoms with Crippen molar-refractivity contribution in [2.75, 3.05) is 13.1 Å². The lowest BCUT2D eigenvalue weighted by atomic mass is 9.80. The average molecular weight is 195 g/mol. The third-order valence-electron chi connectivity index (χ3n) is 4.36. The van der Waals surface area contributed by atoms with Crippen LogP contribution >= 0.6 is 0 Å². The molecule has 2 unspecified atom stereocenters. The summed E-state index contributed by atoms with van der Waals surface area (Å²) in [6.45, 7) is 7.46. The molecule has 2 aliphatic rings. The molecule has 1 nitrogen and oxygen atoms in total. The summed E-state index contributed by atoms with van der Waals surface area (Å²) >= 11 is 0. The fourth-order valence-electron chi connectivity index (χ4n) is 3.05. The normalized spacial score (nSPS) is 28.7. The van der Waals surface area contributed by atoms with Gasteiger partial charge in [-0.05, 0) is 68.9 Å². The highest BCUT2D eigenvalue weighted by Crippen LogP contribution is 2.41. The molecule has 82 valence electrons. The van der Waals surface area contributed by atoms with Crippen molar-refractivity contribution < 1.29 is 0 Å². The van der Waals surface area contributed by atoms with Crippen LogP contribution in [-0.4, -0.2) is 13.1 Å². The van der Waals surface area contributed by atoms with Crippen molar-refractivity contribution in [3.63, 3.8) is 0 Å². The first-order valence-corrected chi connectivity index (χ1v) is 6.48. The quantitative estimate of drug-likeness (QED) is 0.727. The first-order valence-electron chi connectivity index (χ1n) is 6.48. The minimum atomic E-state index is 0.965. The van der Waals surface area contributed by atoms with Crippen LogP contribution in [0.5, 0.6) is 0 Å². The SMILES string of the molecule is CC(CC(C)C1CC1)C1CCNCC1. The minimum Gasteiger partial charge on any atom is -0.317 e. The van der Waals surface area contributed by atoms with Gasteiger partial charge in [0.05, 0.1) is 0 Å². The Balaban J connectivity index is 1.72. The number of hydrogen-bond acceptors (Lipinski definition) is 1. The molecule has 0 radical (unpaired) electrons. The van der Waals surface area contributed by atoms with Crippen molar-refractivity contribution in [1.82, 2.24) is 5.32 Å². The van der Waals surface area contributed by atoms with Crippen LogP contribution in [0.15, 0.2) is 0 Å². The van der Waals surface area contributed by atoms with Crippen LogP contribution in [0.3, 0.4) is 0 Å². The zero-order valence-corrected chi connectivity index (χ0v) is 9.76. The molecular weight excluding hydrogens is 170 g/mol. The van der Waals surface area contributed by atoms with Crippen molar-refractivity contribution in [3.05, 3.63) is 0 Å². The van der Waals surface area contributed by atoms with Gasteiger partial charge in [-0.3, -0.25) is 0 Å². The van der Waals surface area contributed by atoms with Gasteiger partial charge in [-0.25, -0.2) is 0 Å². The van der Waals surface area contributed by atoms with E-state index in [0.717, 1.165) is 23.7 Å². The lowest BCUT2D eigenvalue weighted by Gasteiger charge is -2.30. The topological polar surface area (TPSA) is 12.0 Å². The molecule has 1 saturated carbocycles. The highest BCUT2D eigenvalue weighted by Gasteiger charge is 2.30. The Morgan fingerprint density at radius 2 is 1.43 bits per heavy atom. The molecular formula is C13H25N. The number of piperidine rings is 1. The molecule has 1 heteroatoms. The van der Waals surface area contributed by atoms with E-state index in [1.54, 1.807) is 0 Å². The van der Waals surface area contributed by atoms with Crippen LogP contribution in [0.1, 0.15) is 46.0 Å². The maximum atomic E-state index is 3.46. The Labute approximate surface area is 88.7 Å². The van der Waals surface area contributed by atoms with Crippen LogP contribution in [0.25, 0.3) is 0 Å². The zero-order chi connectivity index (χ0) is 9.97. The van der Waals surface area contributed by atoms with E-state index in [-0.39, 0.29) is 0 Å². The third-order valence-corrected chi connectivity index (χ3v) is 4.36. The lowest BCUT2D eigenvalue weighted by Crippen LogP contribution is -2.31. The summed E-state index contributed by atoms with van der Waals surface area (Å²) in [4.78, 5) is 0. The van der Waals surface area contributed by atoms with Crippen molar-refractivity contribution in [1.29, 1.82) is 0 Å². The predicted molar refractivity (Wildman–Crippen MR) is 61.3 cm³/mol. The molecule has 1 aliphatic heterocycles. The summed E-state index contributed by atoms with van der Waals surface area (Å²) in [6, 6.07) is 0. The van der Waals surface area contributed by atoms with Crippen LogP contribution in [0.4, 0.5) is 0 Å². The van der Waals surface area contributed by atoms with Gasteiger partial charge < -0.3 is 5.32 Å². The molecule has 0 aromatic rings. The Kier molecular flexibility index (Phi) is 3.48. The van der Waals surface area contributed by atoms with E-state index in [0.29, 0.717) is 0 Å². The fourth-order valence-corrected chi connectivity index (χ4v) is 3.05. The summed E-state index contributed by atoms with van der Waals surface area (Å²) in [5.41, 5.74) is 0. The Bertz CT molecular complexity index is 168. The molecule has 0 bridgehead atoms. The highest BCUT2D eigenvalue weighted by atomic mass is 14.9. The van der Waals surface area contributed by atoms with Gasteiger partial charge >= 0.3 is 0 Å². The molecule has 1 N–H and O–H groups in total. The molecule has 0 spiro atoms. The number of hydrogen-bond donors (Lipinski definition) is 1. The number of nitrogens with one attached hydrogen (secondary N) is 1. The molecule has 1 aliphatic carbocycles. The maximum Gasteiger partial charge on any atom is -0.00462 e. The Morgan fingerprint density at radius 1 is 0.929 bits per heavy atom. The molecule has 2 rings (SSSR count). The summed E-state index contributed by atoms with van der Waals surface area (Å²) in [5.74, 6) is 4.07. The monoisotopic (exact) mass is 195 g/mol. The second kappa shape index (κ2) is 4.65. The highest BCUT2D eigenvalue weighted by molar-refractivity contribution is 4.82. The smallest absolute Gasteiger partial charge is 0.00462 e. The van der Waals surface area contributed by atoms with Gasteiger partial charge in [-0.2, -0.15) is 0 Å². The molecule has 14 heavy (non-hydrogen) atoms. The van der Waals surface area contributed by atoms with E-state index in [9.17, 15) is 0 Å². The molecule has 0 aromatic heterocycles. The molecule has 0 amide bonds. The van der Waals surface area contributed by atoms with Crippen LogP contribution in [0, 0.1) is 23.7 Å². The Morgan fingerprint density at radius 3 is 1.93 bits per heavy atom. The van der Waals surface area contributed by atoms with E-state index in [2.05, 4.69) is 19.2 Å². The van der Waals surface area contributed by atoms with Crippen molar-refractivity contribution >= 4 is 0 Å². The van der Waals surface area contributed by atoms with Crippen LogP contribution in [0.2, 0.25) is 0 Å². The van der Waals surface area contributed by atoms with Gasteiger partial charge in [-0.15, -0.1) is 0 Å². The first kappa shape index (κ1) is 10.5. The van der Waals surface area contributed by atoms with Crippen molar-refractivity contribution in [3.8, 4) is 0 Å². The van der Waals surface area contributed by atoms with E-state index >= 15 is 0 Å². The summed E-state index contributed by atoms with van der Waals surface area (Å²) < 4.78 is 0. The minimum absolute atomic E-state index is 0.965. The van der Waals surface area contributed by atoms with Gasteiger partial charge in [-0.1, -0.05) is 13.8 Å². The van der Waals surface area contributed by atoms with Crippen molar-refractivity contribution in [2.24, 2.45) is 23.7 Å². The average Bonchev–Trinajstić information content (AvgIpc) is 3.02. The van der Waals surface area contributed by atoms with E-state index in [1.165, 1.54) is 45.2 Å². The van der Waals surface area contributed by atoms with Crippen LogP contribution in [-0.2, 0) is 0 Å². The van der Waals surface area contributed by atoms with E-state index in [1.807, 2.05) is 0 Å². The maximum absolute atomic E-state index is 3.46. The van der Waals surface area contributed by atoms with Gasteiger partial charge in [0.2, 0.25) is 0 Å². The largest absolute Gasteiger partial charge is 0.317 e. The number of rotatable bonds is 4. The van der Waals surface area contributed by atoms with E-state index < -0.39 is 0 Å². The molecule has 1 saturated heterocycles. The molecule has 0 aromatic carbocycles. The summed E-state index contributed by atoms with van der Waals surface area (Å²) in [5, 5.41) is 3.46.